The zero-order chi connectivity index (χ0) is 10.6. The van der Waals surface area contributed by atoms with Crippen LogP contribution < -0.4 is 9.47 Å². The highest BCUT2D eigenvalue weighted by Gasteiger charge is 2.06. The minimum absolute atomic E-state index is 0.541. The van der Waals surface area contributed by atoms with Crippen LogP contribution >= 0.6 is 0 Å². The van der Waals surface area contributed by atoms with Crippen molar-refractivity contribution in [3.8, 4) is 11.5 Å². The number of methoxy groups -OCH3 is 2. The SMILES string of the molecule is CCC(C)c1cc(OC)cc(OC)c1. The van der Waals surface area contributed by atoms with Gasteiger partial charge in [-0.05, 0) is 30.0 Å². The maximum atomic E-state index is 5.21. The van der Waals surface area contributed by atoms with Gasteiger partial charge in [-0.2, -0.15) is 0 Å². The normalized spacial score (nSPS) is 12.3. The molecule has 0 bridgehead atoms. The average Bonchev–Trinajstić information content (AvgIpc) is 2.27. The van der Waals surface area contributed by atoms with Gasteiger partial charge in [0.2, 0.25) is 0 Å². The summed E-state index contributed by atoms with van der Waals surface area (Å²) in [5, 5.41) is 0. The third-order valence-electron chi connectivity index (χ3n) is 2.56. The Morgan fingerprint density at radius 2 is 1.57 bits per heavy atom. The largest absolute Gasteiger partial charge is 0.497 e. The fourth-order valence-corrected chi connectivity index (χ4v) is 1.35. The summed E-state index contributed by atoms with van der Waals surface area (Å²) in [5.41, 5.74) is 1.27. The van der Waals surface area contributed by atoms with Crippen molar-refractivity contribution < 1.29 is 9.47 Å². The zero-order valence-corrected chi connectivity index (χ0v) is 9.33. The lowest BCUT2D eigenvalue weighted by Crippen LogP contribution is -1.94. The van der Waals surface area contributed by atoms with Crippen molar-refractivity contribution in [1.82, 2.24) is 0 Å². The first-order valence-corrected chi connectivity index (χ1v) is 4.94. The Balaban J connectivity index is 3.04. The predicted molar refractivity (Wildman–Crippen MR) is 58.3 cm³/mol. The molecule has 1 aromatic rings. The number of benzene rings is 1. The van der Waals surface area contributed by atoms with Gasteiger partial charge in [0, 0.05) is 6.07 Å². The lowest BCUT2D eigenvalue weighted by Gasteiger charge is -2.12. The van der Waals surface area contributed by atoms with Crippen LogP contribution in [0.2, 0.25) is 0 Å². The van der Waals surface area contributed by atoms with Crippen molar-refractivity contribution in [2.45, 2.75) is 26.2 Å². The first-order valence-electron chi connectivity index (χ1n) is 4.94. The van der Waals surface area contributed by atoms with E-state index in [1.165, 1.54) is 5.56 Å². The van der Waals surface area contributed by atoms with Gasteiger partial charge in [-0.1, -0.05) is 13.8 Å². The Hall–Kier alpha value is -1.18. The summed E-state index contributed by atoms with van der Waals surface area (Å²) in [6, 6.07) is 6.03. The van der Waals surface area contributed by atoms with E-state index < -0.39 is 0 Å². The van der Waals surface area contributed by atoms with Crippen LogP contribution in [0.15, 0.2) is 18.2 Å². The number of ether oxygens (including phenoxy) is 2. The summed E-state index contributed by atoms with van der Waals surface area (Å²) >= 11 is 0. The second kappa shape index (κ2) is 4.89. The van der Waals surface area contributed by atoms with Crippen LogP contribution in [0.25, 0.3) is 0 Å². The van der Waals surface area contributed by atoms with Gasteiger partial charge in [-0.25, -0.2) is 0 Å². The van der Waals surface area contributed by atoms with Crippen molar-refractivity contribution >= 4 is 0 Å². The average molecular weight is 194 g/mol. The highest BCUT2D eigenvalue weighted by Crippen LogP contribution is 2.28. The molecule has 0 fully saturated rings. The molecule has 1 unspecified atom stereocenters. The van der Waals surface area contributed by atoms with Gasteiger partial charge in [0.15, 0.2) is 0 Å². The number of hydrogen-bond donors (Lipinski definition) is 0. The van der Waals surface area contributed by atoms with Crippen molar-refractivity contribution in [2.75, 3.05) is 14.2 Å². The molecule has 0 aliphatic rings. The highest BCUT2D eigenvalue weighted by atomic mass is 16.5. The van der Waals surface area contributed by atoms with E-state index in [0.29, 0.717) is 5.92 Å². The van der Waals surface area contributed by atoms with Crippen molar-refractivity contribution in [3.05, 3.63) is 23.8 Å². The molecule has 1 atom stereocenters. The second-order valence-electron chi connectivity index (χ2n) is 3.46. The van der Waals surface area contributed by atoms with Gasteiger partial charge < -0.3 is 9.47 Å². The van der Waals surface area contributed by atoms with E-state index in [-0.39, 0.29) is 0 Å². The Labute approximate surface area is 85.8 Å². The Bertz CT molecular complexity index is 272. The second-order valence-corrected chi connectivity index (χ2v) is 3.46. The van der Waals surface area contributed by atoms with Gasteiger partial charge in [-0.3, -0.25) is 0 Å². The lowest BCUT2D eigenvalue weighted by molar-refractivity contribution is 0.392. The van der Waals surface area contributed by atoms with Crippen molar-refractivity contribution in [3.63, 3.8) is 0 Å². The quantitative estimate of drug-likeness (QED) is 0.732. The molecule has 0 aliphatic heterocycles. The topological polar surface area (TPSA) is 18.5 Å². The molecule has 2 heteroatoms. The minimum atomic E-state index is 0.541. The molecule has 0 N–H and O–H groups in total. The van der Waals surface area contributed by atoms with Crippen LogP contribution in [-0.4, -0.2) is 14.2 Å². The fraction of sp³-hybridized carbons (Fsp3) is 0.500. The van der Waals surface area contributed by atoms with E-state index in [0.717, 1.165) is 17.9 Å². The van der Waals surface area contributed by atoms with Crippen LogP contribution in [0.4, 0.5) is 0 Å². The molecule has 0 heterocycles. The van der Waals surface area contributed by atoms with Gasteiger partial charge >= 0.3 is 0 Å². The van der Waals surface area contributed by atoms with E-state index in [4.69, 9.17) is 9.47 Å². The fourth-order valence-electron chi connectivity index (χ4n) is 1.35. The molecule has 0 amide bonds. The van der Waals surface area contributed by atoms with Crippen LogP contribution in [0.3, 0.4) is 0 Å². The summed E-state index contributed by atoms with van der Waals surface area (Å²) in [6.45, 7) is 4.38. The molecule has 0 radical (unpaired) electrons. The molecule has 1 aromatic carbocycles. The smallest absolute Gasteiger partial charge is 0.122 e. The van der Waals surface area contributed by atoms with E-state index in [2.05, 4.69) is 26.0 Å². The zero-order valence-electron chi connectivity index (χ0n) is 9.33. The number of hydrogen-bond acceptors (Lipinski definition) is 2. The van der Waals surface area contributed by atoms with Gasteiger partial charge in [0.25, 0.3) is 0 Å². The van der Waals surface area contributed by atoms with Crippen molar-refractivity contribution in [1.29, 1.82) is 0 Å². The standard InChI is InChI=1S/C12H18O2/c1-5-9(2)10-6-11(13-3)8-12(7-10)14-4/h6-9H,5H2,1-4H3. The Morgan fingerprint density at radius 1 is 1.07 bits per heavy atom. The van der Waals surface area contributed by atoms with Gasteiger partial charge in [-0.15, -0.1) is 0 Å². The van der Waals surface area contributed by atoms with Crippen LogP contribution in [0.5, 0.6) is 11.5 Å². The highest BCUT2D eigenvalue weighted by molar-refractivity contribution is 5.39. The maximum absolute atomic E-state index is 5.21. The van der Waals surface area contributed by atoms with Crippen LogP contribution in [0, 0.1) is 0 Å². The van der Waals surface area contributed by atoms with Crippen LogP contribution in [0.1, 0.15) is 31.7 Å². The molecule has 0 saturated heterocycles. The molecular weight excluding hydrogens is 176 g/mol. The molecule has 14 heavy (non-hydrogen) atoms. The molecular formula is C12H18O2. The Morgan fingerprint density at radius 3 is 1.93 bits per heavy atom. The minimum Gasteiger partial charge on any atom is -0.497 e. The van der Waals surface area contributed by atoms with Gasteiger partial charge in [0.1, 0.15) is 11.5 Å². The number of rotatable bonds is 4. The summed E-state index contributed by atoms with van der Waals surface area (Å²) < 4.78 is 10.4. The summed E-state index contributed by atoms with van der Waals surface area (Å²) in [6.07, 6.45) is 1.12. The van der Waals surface area contributed by atoms with Crippen molar-refractivity contribution in [2.24, 2.45) is 0 Å². The lowest BCUT2D eigenvalue weighted by atomic mass is 9.98. The molecule has 0 saturated carbocycles. The van der Waals surface area contributed by atoms with E-state index in [1.807, 2.05) is 6.07 Å². The third-order valence-corrected chi connectivity index (χ3v) is 2.56. The van der Waals surface area contributed by atoms with E-state index in [9.17, 15) is 0 Å². The monoisotopic (exact) mass is 194 g/mol. The summed E-state index contributed by atoms with van der Waals surface area (Å²) in [7, 11) is 3.35. The molecule has 2 nitrogen and oxygen atoms in total. The molecule has 0 spiro atoms. The molecule has 1 rings (SSSR count). The van der Waals surface area contributed by atoms with E-state index >= 15 is 0 Å². The third kappa shape index (κ3) is 2.41. The van der Waals surface area contributed by atoms with E-state index in [1.54, 1.807) is 14.2 Å². The summed E-state index contributed by atoms with van der Waals surface area (Å²) in [4.78, 5) is 0. The first kappa shape index (κ1) is 10.9. The summed E-state index contributed by atoms with van der Waals surface area (Å²) in [5.74, 6) is 2.26. The Kier molecular flexibility index (Phi) is 3.81. The maximum Gasteiger partial charge on any atom is 0.122 e. The predicted octanol–water partition coefficient (Wildman–Crippen LogP) is 3.22. The van der Waals surface area contributed by atoms with Gasteiger partial charge in [0.05, 0.1) is 14.2 Å². The first-order chi connectivity index (χ1) is 6.71. The molecule has 0 aromatic heterocycles. The molecule has 78 valence electrons. The molecule has 0 aliphatic carbocycles. The van der Waals surface area contributed by atoms with Crippen LogP contribution in [-0.2, 0) is 0 Å².